The number of nitrogens with zero attached hydrogens (tertiary/aromatic N) is 1. The summed E-state index contributed by atoms with van der Waals surface area (Å²) >= 11 is 0. The van der Waals surface area contributed by atoms with E-state index in [9.17, 15) is 8.42 Å². The Kier molecular flexibility index (Phi) is 6.99. The van der Waals surface area contributed by atoms with E-state index in [2.05, 4.69) is 10.2 Å². The van der Waals surface area contributed by atoms with Gasteiger partial charge in [0.1, 0.15) is 0 Å². The van der Waals surface area contributed by atoms with Crippen molar-refractivity contribution in [3.8, 4) is 0 Å². The number of para-hydroxylation sites is 1. The van der Waals surface area contributed by atoms with E-state index >= 15 is 0 Å². The van der Waals surface area contributed by atoms with Crippen LogP contribution in [0.4, 0.5) is 5.69 Å². The monoisotopic (exact) mass is 312 g/mol. The SMILES string of the molecule is CS(=O)(=O)c1ccccc1N1CCNCC1.Cl.Cl. The lowest BCUT2D eigenvalue weighted by Gasteiger charge is -2.30. The summed E-state index contributed by atoms with van der Waals surface area (Å²) in [5.74, 6) is 0. The first-order valence-corrected chi connectivity index (χ1v) is 7.23. The Labute approximate surface area is 120 Å². The molecule has 0 amide bonds. The van der Waals surface area contributed by atoms with Crippen LogP contribution in [0.25, 0.3) is 0 Å². The zero-order valence-corrected chi connectivity index (χ0v) is 12.6. The maximum atomic E-state index is 11.7. The highest BCUT2D eigenvalue weighted by Crippen LogP contribution is 2.24. The van der Waals surface area contributed by atoms with E-state index in [4.69, 9.17) is 0 Å². The van der Waals surface area contributed by atoms with E-state index < -0.39 is 9.84 Å². The molecule has 0 atom stereocenters. The molecule has 1 heterocycles. The molecular weight excluding hydrogens is 295 g/mol. The number of benzene rings is 1. The minimum absolute atomic E-state index is 0. The topological polar surface area (TPSA) is 49.4 Å². The molecule has 0 spiro atoms. The van der Waals surface area contributed by atoms with Gasteiger partial charge in [-0.2, -0.15) is 0 Å². The number of anilines is 1. The van der Waals surface area contributed by atoms with Gasteiger partial charge in [-0.1, -0.05) is 12.1 Å². The lowest BCUT2D eigenvalue weighted by atomic mass is 10.2. The van der Waals surface area contributed by atoms with E-state index in [1.165, 1.54) is 6.26 Å². The van der Waals surface area contributed by atoms with Crippen LogP contribution in [0.3, 0.4) is 0 Å². The van der Waals surface area contributed by atoms with Gasteiger partial charge >= 0.3 is 0 Å². The molecule has 2 rings (SSSR count). The largest absolute Gasteiger partial charge is 0.368 e. The van der Waals surface area contributed by atoms with Crippen LogP contribution in [0.15, 0.2) is 29.2 Å². The van der Waals surface area contributed by atoms with E-state index in [0.717, 1.165) is 31.9 Å². The second-order valence-corrected chi connectivity index (χ2v) is 5.96. The fraction of sp³-hybridized carbons (Fsp3) is 0.455. The summed E-state index contributed by atoms with van der Waals surface area (Å²) in [6.07, 6.45) is 1.26. The third-order valence-electron chi connectivity index (χ3n) is 2.72. The fourth-order valence-electron chi connectivity index (χ4n) is 1.94. The Bertz CT molecular complexity index is 474. The van der Waals surface area contributed by atoms with Gasteiger partial charge < -0.3 is 10.2 Å². The zero-order chi connectivity index (χ0) is 11.6. The van der Waals surface area contributed by atoms with Gasteiger partial charge in [0, 0.05) is 32.4 Å². The number of halogens is 2. The average Bonchev–Trinajstić information content (AvgIpc) is 2.29. The van der Waals surface area contributed by atoms with Crippen LogP contribution in [0.1, 0.15) is 0 Å². The Morgan fingerprint density at radius 1 is 1.11 bits per heavy atom. The number of piperazine rings is 1. The highest BCUT2D eigenvalue weighted by molar-refractivity contribution is 7.90. The van der Waals surface area contributed by atoms with Crippen molar-refractivity contribution in [3.63, 3.8) is 0 Å². The number of hydrogen-bond acceptors (Lipinski definition) is 4. The van der Waals surface area contributed by atoms with Crippen LogP contribution >= 0.6 is 24.8 Å². The summed E-state index contributed by atoms with van der Waals surface area (Å²) in [4.78, 5) is 2.55. The minimum atomic E-state index is -3.14. The van der Waals surface area contributed by atoms with Crippen molar-refractivity contribution in [3.05, 3.63) is 24.3 Å². The quantitative estimate of drug-likeness (QED) is 0.895. The number of sulfone groups is 1. The van der Waals surface area contributed by atoms with Crippen LogP contribution in [-0.2, 0) is 9.84 Å². The third kappa shape index (κ3) is 4.02. The number of hydrogen-bond donors (Lipinski definition) is 1. The molecule has 1 fully saturated rings. The molecule has 0 radical (unpaired) electrons. The molecule has 0 saturated carbocycles. The van der Waals surface area contributed by atoms with E-state index in [1.807, 2.05) is 12.1 Å². The Balaban J connectivity index is 0.00000144. The predicted molar refractivity (Wildman–Crippen MR) is 79.1 cm³/mol. The molecule has 104 valence electrons. The van der Waals surface area contributed by atoms with Crippen molar-refractivity contribution in [1.82, 2.24) is 5.32 Å². The molecule has 7 heteroatoms. The van der Waals surface area contributed by atoms with Gasteiger partial charge in [0.2, 0.25) is 0 Å². The Morgan fingerprint density at radius 2 is 1.67 bits per heavy atom. The minimum Gasteiger partial charge on any atom is -0.368 e. The third-order valence-corrected chi connectivity index (χ3v) is 3.87. The maximum absolute atomic E-state index is 11.7. The summed E-state index contributed by atoms with van der Waals surface area (Å²) < 4.78 is 23.3. The van der Waals surface area contributed by atoms with Crippen molar-refractivity contribution >= 4 is 40.3 Å². The van der Waals surface area contributed by atoms with E-state index in [-0.39, 0.29) is 24.8 Å². The molecule has 1 aromatic carbocycles. The summed E-state index contributed by atoms with van der Waals surface area (Å²) in [6, 6.07) is 7.20. The molecule has 1 aliphatic rings. The standard InChI is InChI=1S/C11H16N2O2S.2ClH/c1-16(14,15)11-5-3-2-4-10(11)13-8-6-12-7-9-13;;/h2-5,12H,6-9H2,1H3;2*1H. The molecule has 0 aromatic heterocycles. The van der Waals surface area contributed by atoms with Crippen LogP contribution in [0, 0.1) is 0 Å². The summed E-state index contributed by atoms with van der Waals surface area (Å²) in [7, 11) is -3.14. The normalized spacial score (nSPS) is 15.5. The first-order valence-electron chi connectivity index (χ1n) is 5.34. The molecule has 1 aliphatic heterocycles. The fourth-order valence-corrected chi connectivity index (χ4v) is 2.84. The van der Waals surface area contributed by atoms with Gasteiger partial charge in [0.05, 0.1) is 10.6 Å². The molecule has 0 unspecified atom stereocenters. The van der Waals surface area contributed by atoms with Crippen LogP contribution in [0.5, 0.6) is 0 Å². The number of rotatable bonds is 2. The van der Waals surface area contributed by atoms with Crippen molar-refractivity contribution in [1.29, 1.82) is 0 Å². The Hall–Kier alpha value is -0.490. The predicted octanol–water partition coefficient (Wildman–Crippen LogP) is 1.34. The van der Waals surface area contributed by atoms with Crippen molar-refractivity contribution in [2.75, 3.05) is 37.3 Å². The highest BCUT2D eigenvalue weighted by atomic mass is 35.5. The number of nitrogens with one attached hydrogen (secondary N) is 1. The molecule has 18 heavy (non-hydrogen) atoms. The van der Waals surface area contributed by atoms with Gasteiger partial charge in [0.25, 0.3) is 0 Å². The van der Waals surface area contributed by atoms with Gasteiger partial charge in [0.15, 0.2) is 9.84 Å². The molecule has 0 bridgehead atoms. The molecule has 1 aromatic rings. The average molecular weight is 313 g/mol. The smallest absolute Gasteiger partial charge is 0.177 e. The van der Waals surface area contributed by atoms with Crippen LogP contribution in [-0.4, -0.2) is 40.9 Å². The van der Waals surface area contributed by atoms with Crippen LogP contribution in [0.2, 0.25) is 0 Å². The summed E-state index contributed by atoms with van der Waals surface area (Å²) in [6.45, 7) is 3.51. The summed E-state index contributed by atoms with van der Waals surface area (Å²) in [5.41, 5.74) is 0.825. The highest BCUT2D eigenvalue weighted by Gasteiger charge is 2.18. The van der Waals surface area contributed by atoms with Crippen LogP contribution < -0.4 is 10.2 Å². The second kappa shape index (κ2) is 7.19. The van der Waals surface area contributed by atoms with Gasteiger partial charge in [-0.3, -0.25) is 0 Å². The van der Waals surface area contributed by atoms with Gasteiger partial charge in [-0.25, -0.2) is 8.42 Å². The van der Waals surface area contributed by atoms with Gasteiger partial charge in [-0.15, -0.1) is 24.8 Å². The zero-order valence-electron chi connectivity index (χ0n) is 10.1. The molecule has 1 saturated heterocycles. The maximum Gasteiger partial charge on any atom is 0.177 e. The van der Waals surface area contributed by atoms with Crippen molar-refractivity contribution in [2.45, 2.75) is 4.90 Å². The van der Waals surface area contributed by atoms with Crippen molar-refractivity contribution in [2.24, 2.45) is 0 Å². The van der Waals surface area contributed by atoms with Gasteiger partial charge in [-0.05, 0) is 12.1 Å². The van der Waals surface area contributed by atoms with E-state index in [0.29, 0.717) is 4.90 Å². The summed E-state index contributed by atoms with van der Waals surface area (Å²) in [5, 5.41) is 3.25. The molecule has 1 N–H and O–H groups in total. The van der Waals surface area contributed by atoms with Crippen molar-refractivity contribution < 1.29 is 8.42 Å². The Morgan fingerprint density at radius 3 is 2.22 bits per heavy atom. The lowest BCUT2D eigenvalue weighted by molar-refractivity contribution is 0.581. The second-order valence-electron chi connectivity index (χ2n) is 3.98. The molecule has 4 nitrogen and oxygen atoms in total. The lowest BCUT2D eigenvalue weighted by Crippen LogP contribution is -2.44. The first-order chi connectivity index (χ1) is 7.59. The first kappa shape index (κ1) is 17.5. The molecular formula is C11H18Cl2N2O2S. The molecule has 0 aliphatic carbocycles. The van der Waals surface area contributed by atoms with E-state index in [1.54, 1.807) is 12.1 Å².